The Hall–Kier alpha value is -2.83. The molecule has 0 aromatic carbocycles. The summed E-state index contributed by atoms with van der Waals surface area (Å²) >= 11 is 0. The molecule has 0 aliphatic rings. The summed E-state index contributed by atoms with van der Waals surface area (Å²) in [5.74, 6) is -0.465. The summed E-state index contributed by atoms with van der Waals surface area (Å²) in [5.41, 5.74) is 2.97. The SMILES string of the molecule is CCOC(=O)c1c(NC(=O)NCCc2ccncc2C)ccn1C. The second kappa shape index (κ2) is 8.14. The lowest BCUT2D eigenvalue weighted by Gasteiger charge is -2.10. The largest absolute Gasteiger partial charge is 0.461 e. The third kappa shape index (κ3) is 4.34. The summed E-state index contributed by atoms with van der Waals surface area (Å²) in [6.07, 6.45) is 5.94. The number of esters is 1. The number of pyridine rings is 1. The highest BCUT2D eigenvalue weighted by molar-refractivity contribution is 5.99. The first kappa shape index (κ1) is 17.5. The predicted molar refractivity (Wildman–Crippen MR) is 91.1 cm³/mol. The van der Waals surface area contributed by atoms with Gasteiger partial charge in [-0.1, -0.05) is 0 Å². The Kier molecular flexibility index (Phi) is 5.95. The average molecular weight is 330 g/mol. The molecular weight excluding hydrogens is 308 g/mol. The Bertz CT molecular complexity index is 724. The molecule has 0 aliphatic heterocycles. The van der Waals surface area contributed by atoms with Crippen molar-refractivity contribution < 1.29 is 14.3 Å². The van der Waals surface area contributed by atoms with Gasteiger partial charge < -0.3 is 19.9 Å². The van der Waals surface area contributed by atoms with Crippen LogP contribution in [0.15, 0.2) is 30.7 Å². The van der Waals surface area contributed by atoms with E-state index in [1.807, 2.05) is 13.0 Å². The number of nitrogens with one attached hydrogen (secondary N) is 2. The smallest absolute Gasteiger partial charge is 0.357 e. The van der Waals surface area contributed by atoms with Crippen LogP contribution in [0.2, 0.25) is 0 Å². The Morgan fingerprint density at radius 2 is 2.12 bits per heavy atom. The molecule has 0 aliphatic carbocycles. The van der Waals surface area contributed by atoms with Crippen LogP contribution in [0.25, 0.3) is 0 Å². The van der Waals surface area contributed by atoms with Crippen molar-refractivity contribution in [2.45, 2.75) is 20.3 Å². The van der Waals surface area contributed by atoms with E-state index in [9.17, 15) is 9.59 Å². The Morgan fingerprint density at radius 3 is 2.83 bits per heavy atom. The standard InChI is InChI=1S/C17H22N4O3/c1-4-24-16(22)15-14(7-10-21(15)3)20-17(23)19-9-6-13-5-8-18-11-12(13)2/h5,7-8,10-11H,4,6,9H2,1-3H3,(H2,19,20,23). The maximum Gasteiger partial charge on any atom is 0.357 e. The maximum absolute atomic E-state index is 12.0. The number of aromatic nitrogens is 2. The van der Waals surface area contributed by atoms with Crippen LogP contribution in [-0.4, -0.2) is 34.7 Å². The molecule has 7 nitrogen and oxygen atoms in total. The summed E-state index contributed by atoms with van der Waals surface area (Å²) in [6, 6.07) is 3.24. The van der Waals surface area contributed by atoms with E-state index in [0.717, 1.165) is 11.1 Å². The highest BCUT2D eigenvalue weighted by Gasteiger charge is 2.18. The third-order valence-electron chi connectivity index (χ3n) is 3.61. The molecule has 0 fully saturated rings. The second-order valence-corrected chi connectivity index (χ2v) is 5.34. The molecule has 2 amide bonds. The zero-order chi connectivity index (χ0) is 17.5. The summed E-state index contributed by atoms with van der Waals surface area (Å²) in [6.45, 7) is 4.49. The van der Waals surface area contributed by atoms with Crippen LogP contribution in [0.4, 0.5) is 10.5 Å². The Morgan fingerprint density at radius 1 is 1.33 bits per heavy atom. The number of nitrogens with zero attached hydrogens (tertiary/aromatic N) is 2. The number of rotatable bonds is 6. The van der Waals surface area contributed by atoms with Crippen molar-refractivity contribution in [3.8, 4) is 0 Å². The van der Waals surface area contributed by atoms with Crippen molar-refractivity contribution in [1.29, 1.82) is 0 Å². The number of ether oxygens (including phenoxy) is 1. The number of anilines is 1. The topological polar surface area (TPSA) is 85.2 Å². The third-order valence-corrected chi connectivity index (χ3v) is 3.61. The monoisotopic (exact) mass is 330 g/mol. The fraction of sp³-hybridized carbons (Fsp3) is 0.353. The average Bonchev–Trinajstić information content (AvgIpc) is 2.90. The fourth-order valence-electron chi connectivity index (χ4n) is 2.34. The second-order valence-electron chi connectivity index (χ2n) is 5.34. The molecule has 0 radical (unpaired) electrons. The van der Waals surface area contributed by atoms with Gasteiger partial charge >= 0.3 is 12.0 Å². The minimum Gasteiger partial charge on any atom is -0.461 e. The lowest BCUT2D eigenvalue weighted by Crippen LogP contribution is -2.31. The number of hydrogen-bond acceptors (Lipinski definition) is 4. The van der Waals surface area contributed by atoms with Crippen LogP contribution >= 0.6 is 0 Å². The first-order valence-electron chi connectivity index (χ1n) is 7.79. The highest BCUT2D eigenvalue weighted by Crippen LogP contribution is 2.17. The molecule has 128 valence electrons. The van der Waals surface area contributed by atoms with Gasteiger partial charge in [0.1, 0.15) is 0 Å². The van der Waals surface area contributed by atoms with E-state index >= 15 is 0 Å². The maximum atomic E-state index is 12.0. The zero-order valence-corrected chi connectivity index (χ0v) is 14.1. The number of carbonyl (C=O) groups is 2. The molecular formula is C17H22N4O3. The number of hydrogen-bond donors (Lipinski definition) is 2. The lowest BCUT2D eigenvalue weighted by atomic mass is 10.1. The van der Waals surface area contributed by atoms with Gasteiger partial charge in [0.05, 0.1) is 12.3 Å². The van der Waals surface area contributed by atoms with E-state index in [1.165, 1.54) is 0 Å². The van der Waals surface area contributed by atoms with Gasteiger partial charge in [0.25, 0.3) is 0 Å². The van der Waals surface area contributed by atoms with Crippen molar-refractivity contribution in [1.82, 2.24) is 14.9 Å². The van der Waals surface area contributed by atoms with Crippen LogP contribution in [0.1, 0.15) is 28.5 Å². The molecule has 2 rings (SSSR count). The Labute approximate surface area is 141 Å². The molecule has 0 saturated heterocycles. The van der Waals surface area contributed by atoms with Crippen molar-refractivity contribution >= 4 is 17.7 Å². The summed E-state index contributed by atoms with van der Waals surface area (Å²) in [5, 5.41) is 5.47. The Balaban J connectivity index is 1.91. The number of amides is 2. The van der Waals surface area contributed by atoms with Gasteiger partial charge in [0.15, 0.2) is 5.69 Å². The highest BCUT2D eigenvalue weighted by atomic mass is 16.5. The first-order chi connectivity index (χ1) is 11.5. The molecule has 2 N–H and O–H groups in total. The minimum atomic E-state index is -0.465. The molecule has 0 bridgehead atoms. The van der Waals surface area contributed by atoms with Gasteiger partial charge in [-0.2, -0.15) is 0 Å². The quantitative estimate of drug-likeness (QED) is 0.796. The number of aryl methyl sites for hydroxylation is 2. The summed E-state index contributed by atoms with van der Waals surface area (Å²) < 4.78 is 6.62. The molecule has 2 heterocycles. The van der Waals surface area contributed by atoms with Gasteiger partial charge in [-0.05, 0) is 43.5 Å². The first-order valence-corrected chi connectivity index (χ1v) is 7.79. The van der Waals surface area contributed by atoms with Gasteiger partial charge in [-0.3, -0.25) is 4.98 Å². The van der Waals surface area contributed by atoms with Crippen molar-refractivity contribution in [2.75, 3.05) is 18.5 Å². The zero-order valence-electron chi connectivity index (χ0n) is 14.1. The van der Waals surface area contributed by atoms with E-state index in [0.29, 0.717) is 24.3 Å². The van der Waals surface area contributed by atoms with E-state index in [-0.39, 0.29) is 12.6 Å². The summed E-state index contributed by atoms with van der Waals surface area (Å²) in [4.78, 5) is 28.0. The van der Waals surface area contributed by atoms with Crippen LogP contribution in [-0.2, 0) is 18.2 Å². The van der Waals surface area contributed by atoms with Gasteiger partial charge in [0, 0.05) is 32.2 Å². The van der Waals surface area contributed by atoms with Gasteiger partial charge in [-0.25, -0.2) is 9.59 Å². The van der Waals surface area contributed by atoms with E-state index in [2.05, 4.69) is 15.6 Å². The van der Waals surface area contributed by atoms with Crippen LogP contribution < -0.4 is 10.6 Å². The minimum absolute atomic E-state index is 0.279. The molecule has 0 atom stereocenters. The van der Waals surface area contributed by atoms with Crippen LogP contribution in [0.3, 0.4) is 0 Å². The fourth-order valence-corrected chi connectivity index (χ4v) is 2.34. The molecule has 0 unspecified atom stereocenters. The molecule has 2 aromatic heterocycles. The summed E-state index contributed by atoms with van der Waals surface area (Å²) in [7, 11) is 1.72. The molecule has 24 heavy (non-hydrogen) atoms. The van der Waals surface area contributed by atoms with Gasteiger partial charge in [-0.15, -0.1) is 0 Å². The molecule has 0 saturated carbocycles. The lowest BCUT2D eigenvalue weighted by molar-refractivity contribution is 0.0516. The molecule has 2 aromatic rings. The predicted octanol–water partition coefficient (Wildman–Crippen LogP) is 2.27. The van der Waals surface area contributed by atoms with Gasteiger partial charge in [0.2, 0.25) is 0 Å². The van der Waals surface area contributed by atoms with Crippen molar-refractivity contribution in [2.24, 2.45) is 7.05 Å². The van der Waals surface area contributed by atoms with E-state index in [4.69, 9.17) is 4.74 Å². The van der Waals surface area contributed by atoms with Crippen molar-refractivity contribution in [3.05, 3.63) is 47.5 Å². The van der Waals surface area contributed by atoms with Crippen molar-refractivity contribution in [3.63, 3.8) is 0 Å². The normalized spacial score (nSPS) is 10.3. The van der Waals surface area contributed by atoms with Crippen LogP contribution in [0, 0.1) is 6.92 Å². The number of urea groups is 1. The molecule has 0 spiro atoms. The molecule has 7 heteroatoms. The number of carbonyl (C=O) groups excluding carboxylic acids is 2. The van der Waals surface area contributed by atoms with E-state index in [1.54, 1.807) is 43.2 Å². The van der Waals surface area contributed by atoms with E-state index < -0.39 is 5.97 Å². The van der Waals surface area contributed by atoms with Crippen LogP contribution in [0.5, 0.6) is 0 Å².